The fraction of sp³-hybridized carbons (Fsp3) is 0.846. The first-order chi connectivity index (χ1) is 8.63. The molecule has 1 aliphatic carbocycles. The van der Waals surface area contributed by atoms with Crippen molar-refractivity contribution in [3.05, 3.63) is 0 Å². The molecule has 1 amide bonds. The van der Waals surface area contributed by atoms with E-state index in [1.54, 1.807) is 0 Å². The van der Waals surface area contributed by atoms with E-state index in [4.69, 9.17) is 10.2 Å². The summed E-state index contributed by atoms with van der Waals surface area (Å²) in [5.41, 5.74) is 0. The number of aliphatic hydroxyl groups is 1. The number of nitrogens with one attached hydrogen (secondary N) is 1. The summed E-state index contributed by atoms with van der Waals surface area (Å²) in [5, 5.41) is 20.1. The van der Waals surface area contributed by atoms with Crippen molar-refractivity contribution in [2.45, 2.75) is 57.4 Å². The molecule has 0 aromatic carbocycles. The first-order valence-electron chi connectivity index (χ1n) is 6.76. The molecule has 0 spiro atoms. The van der Waals surface area contributed by atoms with Crippen LogP contribution in [0.1, 0.15) is 51.4 Å². The Balaban J connectivity index is 2.36. The van der Waals surface area contributed by atoms with E-state index >= 15 is 0 Å². The van der Waals surface area contributed by atoms with Crippen molar-refractivity contribution in [2.75, 3.05) is 6.61 Å². The highest BCUT2D eigenvalue weighted by atomic mass is 16.4. The number of carboxylic acids is 1. The molecule has 1 fully saturated rings. The molecule has 5 nitrogen and oxygen atoms in total. The van der Waals surface area contributed by atoms with Crippen LogP contribution in [0, 0.1) is 5.92 Å². The monoisotopic (exact) mass is 257 g/mol. The van der Waals surface area contributed by atoms with E-state index in [9.17, 15) is 9.59 Å². The number of carbonyl (C=O) groups is 2. The highest BCUT2D eigenvalue weighted by Crippen LogP contribution is 2.25. The molecule has 0 aromatic rings. The van der Waals surface area contributed by atoms with Crippen LogP contribution in [0.25, 0.3) is 0 Å². The summed E-state index contributed by atoms with van der Waals surface area (Å²) in [6, 6.07) is -0.965. The maximum Gasteiger partial charge on any atom is 0.326 e. The Hall–Kier alpha value is -1.10. The summed E-state index contributed by atoms with van der Waals surface area (Å²) in [7, 11) is 0. The van der Waals surface area contributed by atoms with E-state index in [0.717, 1.165) is 25.7 Å². The average molecular weight is 257 g/mol. The summed E-state index contributed by atoms with van der Waals surface area (Å²) in [4.78, 5) is 22.6. The lowest BCUT2D eigenvalue weighted by molar-refractivity contribution is -0.142. The summed E-state index contributed by atoms with van der Waals surface area (Å²) >= 11 is 0. The van der Waals surface area contributed by atoms with E-state index in [1.165, 1.54) is 12.8 Å². The second-order valence-electron chi connectivity index (χ2n) is 5.03. The van der Waals surface area contributed by atoms with Crippen LogP contribution in [0.4, 0.5) is 0 Å². The molecule has 0 aliphatic heterocycles. The van der Waals surface area contributed by atoms with Crippen molar-refractivity contribution in [3.8, 4) is 0 Å². The summed E-state index contributed by atoms with van der Waals surface area (Å²) in [6.07, 6.45) is 7.39. The molecule has 18 heavy (non-hydrogen) atoms. The number of rotatable bonds is 6. The molecule has 1 saturated carbocycles. The van der Waals surface area contributed by atoms with Crippen LogP contribution in [0.2, 0.25) is 0 Å². The van der Waals surface area contributed by atoms with Crippen LogP contribution in [0.3, 0.4) is 0 Å². The second-order valence-corrected chi connectivity index (χ2v) is 5.03. The molecule has 3 N–H and O–H groups in total. The number of carboxylic acid groups (broad SMARTS) is 1. The average Bonchev–Trinajstić information content (AvgIpc) is 2.57. The van der Waals surface area contributed by atoms with E-state index in [1.807, 2.05) is 0 Å². The zero-order valence-electron chi connectivity index (χ0n) is 10.7. The Labute approximate surface area is 108 Å². The maximum atomic E-state index is 11.8. The summed E-state index contributed by atoms with van der Waals surface area (Å²) in [6.45, 7) is -0.235. The topological polar surface area (TPSA) is 86.6 Å². The predicted molar refractivity (Wildman–Crippen MR) is 67.1 cm³/mol. The molecule has 1 rings (SSSR count). The summed E-state index contributed by atoms with van der Waals surface area (Å²) < 4.78 is 0. The van der Waals surface area contributed by atoms with Gasteiger partial charge in [0.15, 0.2) is 0 Å². The van der Waals surface area contributed by atoms with Crippen LogP contribution in [-0.4, -0.2) is 34.7 Å². The molecule has 104 valence electrons. The van der Waals surface area contributed by atoms with Crippen molar-refractivity contribution >= 4 is 11.9 Å². The third-order valence-electron chi connectivity index (χ3n) is 3.50. The molecule has 1 atom stereocenters. The van der Waals surface area contributed by atoms with E-state index < -0.39 is 12.0 Å². The van der Waals surface area contributed by atoms with Gasteiger partial charge in [-0.2, -0.15) is 0 Å². The van der Waals surface area contributed by atoms with Gasteiger partial charge in [-0.1, -0.05) is 25.7 Å². The molecule has 0 radical (unpaired) electrons. The zero-order chi connectivity index (χ0) is 13.4. The van der Waals surface area contributed by atoms with Gasteiger partial charge in [-0.05, 0) is 18.8 Å². The van der Waals surface area contributed by atoms with Crippen molar-refractivity contribution in [3.63, 3.8) is 0 Å². The minimum Gasteiger partial charge on any atom is -0.480 e. The van der Waals surface area contributed by atoms with Crippen LogP contribution in [0.5, 0.6) is 0 Å². The highest BCUT2D eigenvalue weighted by Gasteiger charge is 2.21. The minimum atomic E-state index is -1.08. The lowest BCUT2D eigenvalue weighted by Crippen LogP contribution is -2.41. The molecule has 5 heteroatoms. The number of hydrogen-bond donors (Lipinski definition) is 3. The van der Waals surface area contributed by atoms with Gasteiger partial charge in [0, 0.05) is 19.4 Å². The van der Waals surface area contributed by atoms with Gasteiger partial charge in [0.2, 0.25) is 5.91 Å². The predicted octanol–water partition coefficient (Wildman–Crippen LogP) is 1.30. The Morgan fingerprint density at radius 1 is 1.17 bits per heavy atom. The van der Waals surface area contributed by atoms with Crippen molar-refractivity contribution in [1.29, 1.82) is 0 Å². The van der Waals surface area contributed by atoms with Crippen LogP contribution < -0.4 is 5.32 Å². The van der Waals surface area contributed by atoms with Gasteiger partial charge in [0.25, 0.3) is 0 Å². The van der Waals surface area contributed by atoms with E-state index in [0.29, 0.717) is 12.3 Å². The van der Waals surface area contributed by atoms with E-state index in [-0.39, 0.29) is 18.9 Å². The number of carbonyl (C=O) groups excluding carboxylic acids is 1. The molecule has 0 bridgehead atoms. The van der Waals surface area contributed by atoms with Gasteiger partial charge in [-0.3, -0.25) is 4.79 Å². The number of amides is 1. The third-order valence-corrected chi connectivity index (χ3v) is 3.50. The van der Waals surface area contributed by atoms with E-state index in [2.05, 4.69) is 5.32 Å². The zero-order valence-corrected chi connectivity index (χ0v) is 10.7. The quantitative estimate of drug-likeness (QED) is 0.626. The number of aliphatic hydroxyl groups excluding tert-OH is 1. The lowest BCUT2D eigenvalue weighted by atomic mass is 9.96. The molecule has 0 aromatic heterocycles. The Kier molecular flexibility index (Phi) is 6.72. The lowest BCUT2D eigenvalue weighted by Gasteiger charge is -2.17. The Bertz CT molecular complexity index is 272. The first-order valence-corrected chi connectivity index (χ1v) is 6.76. The fourth-order valence-corrected chi connectivity index (χ4v) is 2.47. The number of hydrogen-bond acceptors (Lipinski definition) is 3. The SMILES string of the molecule is O=C(CC1CCCCCC1)N[C@H](CCO)C(=O)O. The van der Waals surface area contributed by atoms with Crippen molar-refractivity contribution in [1.82, 2.24) is 5.32 Å². The Morgan fingerprint density at radius 2 is 1.78 bits per heavy atom. The fourth-order valence-electron chi connectivity index (χ4n) is 2.47. The molecule has 0 saturated heterocycles. The highest BCUT2D eigenvalue weighted by molar-refractivity contribution is 5.83. The van der Waals surface area contributed by atoms with Crippen LogP contribution in [0.15, 0.2) is 0 Å². The van der Waals surface area contributed by atoms with Gasteiger partial charge >= 0.3 is 5.97 Å². The van der Waals surface area contributed by atoms with Gasteiger partial charge < -0.3 is 15.5 Å². The van der Waals surface area contributed by atoms with Crippen LogP contribution in [-0.2, 0) is 9.59 Å². The van der Waals surface area contributed by atoms with Gasteiger partial charge in [0.05, 0.1) is 0 Å². The first kappa shape index (κ1) is 15.0. The van der Waals surface area contributed by atoms with Gasteiger partial charge in [-0.25, -0.2) is 4.79 Å². The van der Waals surface area contributed by atoms with Crippen molar-refractivity contribution in [2.24, 2.45) is 5.92 Å². The van der Waals surface area contributed by atoms with Crippen LogP contribution >= 0.6 is 0 Å². The van der Waals surface area contributed by atoms with Gasteiger partial charge in [0.1, 0.15) is 6.04 Å². The maximum absolute atomic E-state index is 11.8. The molecule has 0 unspecified atom stereocenters. The summed E-state index contributed by atoms with van der Waals surface area (Å²) in [5.74, 6) is -0.905. The molecular formula is C13H23NO4. The normalized spacial score (nSPS) is 18.9. The standard InChI is InChI=1S/C13H23NO4/c15-8-7-11(13(17)18)14-12(16)9-10-5-3-1-2-4-6-10/h10-11,15H,1-9H2,(H,14,16)(H,17,18)/t11-/m1/s1. The number of aliphatic carboxylic acids is 1. The molecule has 0 heterocycles. The largest absolute Gasteiger partial charge is 0.480 e. The Morgan fingerprint density at radius 3 is 2.28 bits per heavy atom. The van der Waals surface area contributed by atoms with Crippen molar-refractivity contribution < 1.29 is 19.8 Å². The second kappa shape index (κ2) is 8.08. The van der Waals surface area contributed by atoms with Gasteiger partial charge in [-0.15, -0.1) is 0 Å². The smallest absolute Gasteiger partial charge is 0.326 e. The molecular weight excluding hydrogens is 234 g/mol. The third kappa shape index (κ3) is 5.49. The molecule has 1 aliphatic rings. The minimum absolute atomic E-state index is 0.0613.